The highest BCUT2D eigenvalue weighted by Crippen LogP contribution is 2.17. The monoisotopic (exact) mass is 287 g/mol. The molecule has 0 atom stereocenters. The molecular weight excluding hydrogens is 266 g/mol. The molecule has 0 bridgehead atoms. The zero-order valence-corrected chi connectivity index (χ0v) is 12.5. The standard InChI is InChI=1S/C16H21N3O2/c1-10(2)8-18-15(20)12-6-5-7-13(14(12)17)16(21)19-9-11(3)4/h5-7H,1,3,8-9,17H2,2,4H3,(H,18,20)(H,19,21). The van der Waals surface area contributed by atoms with Gasteiger partial charge in [-0.25, -0.2) is 0 Å². The zero-order valence-electron chi connectivity index (χ0n) is 12.5. The second-order valence-corrected chi connectivity index (χ2v) is 5.05. The van der Waals surface area contributed by atoms with Gasteiger partial charge in [0.25, 0.3) is 11.8 Å². The molecule has 0 fully saturated rings. The molecule has 5 heteroatoms. The highest BCUT2D eigenvalue weighted by atomic mass is 16.2. The van der Waals surface area contributed by atoms with Crippen LogP contribution in [0.15, 0.2) is 42.5 Å². The van der Waals surface area contributed by atoms with Crippen LogP contribution in [0.4, 0.5) is 5.69 Å². The summed E-state index contributed by atoms with van der Waals surface area (Å²) < 4.78 is 0. The maximum absolute atomic E-state index is 12.0. The summed E-state index contributed by atoms with van der Waals surface area (Å²) in [4.78, 5) is 24.1. The number of para-hydroxylation sites is 1. The van der Waals surface area contributed by atoms with Gasteiger partial charge >= 0.3 is 0 Å². The average molecular weight is 287 g/mol. The van der Waals surface area contributed by atoms with E-state index >= 15 is 0 Å². The van der Waals surface area contributed by atoms with Crippen molar-refractivity contribution in [1.82, 2.24) is 10.6 Å². The Bertz CT molecular complexity index is 543. The topological polar surface area (TPSA) is 84.2 Å². The Labute approximate surface area is 124 Å². The highest BCUT2D eigenvalue weighted by molar-refractivity contribution is 6.07. The Hall–Kier alpha value is -2.56. The van der Waals surface area contributed by atoms with E-state index in [-0.39, 0.29) is 28.6 Å². The predicted molar refractivity (Wildman–Crippen MR) is 85.1 cm³/mol. The van der Waals surface area contributed by atoms with Gasteiger partial charge in [-0.15, -0.1) is 0 Å². The number of carbonyl (C=O) groups excluding carboxylic acids is 2. The first-order valence-corrected chi connectivity index (χ1v) is 6.56. The highest BCUT2D eigenvalue weighted by Gasteiger charge is 2.16. The second-order valence-electron chi connectivity index (χ2n) is 5.05. The molecule has 21 heavy (non-hydrogen) atoms. The van der Waals surface area contributed by atoms with Crippen molar-refractivity contribution in [3.05, 3.63) is 53.6 Å². The van der Waals surface area contributed by atoms with Gasteiger partial charge < -0.3 is 16.4 Å². The van der Waals surface area contributed by atoms with Crippen molar-refractivity contribution < 1.29 is 9.59 Å². The van der Waals surface area contributed by atoms with Gasteiger partial charge in [-0.05, 0) is 26.0 Å². The fourth-order valence-corrected chi connectivity index (χ4v) is 1.61. The lowest BCUT2D eigenvalue weighted by molar-refractivity contribution is 0.0956. The van der Waals surface area contributed by atoms with Crippen molar-refractivity contribution in [3.63, 3.8) is 0 Å². The van der Waals surface area contributed by atoms with Gasteiger partial charge in [-0.1, -0.05) is 30.4 Å². The summed E-state index contributed by atoms with van der Waals surface area (Å²) in [5.74, 6) is -0.657. The van der Waals surface area contributed by atoms with E-state index in [0.29, 0.717) is 13.1 Å². The number of rotatable bonds is 6. The van der Waals surface area contributed by atoms with Crippen LogP contribution in [-0.2, 0) is 0 Å². The van der Waals surface area contributed by atoms with Crippen LogP contribution >= 0.6 is 0 Å². The first-order chi connectivity index (χ1) is 9.82. The molecule has 0 aliphatic rings. The summed E-state index contributed by atoms with van der Waals surface area (Å²) >= 11 is 0. The molecule has 0 saturated carbocycles. The van der Waals surface area contributed by atoms with E-state index in [0.717, 1.165) is 11.1 Å². The summed E-state index contributed by atoms with van der Waals surface area (Å²) in [6.45, 7) is 11.8. The summed E-state index contributed by atoms with van der Waals surface area (Å²) in [6, 6.07) is 4.79. The molecule has 0 aliphatic carbocycles. The van der Waals surface area contributed by atoms with Crippen molar-refractivity contribution in [2.45, 2.75) is 13.8 Å². The van der Waals surface area contributed by atoms with E-state index in [4.69, 9.17) is 5.73 Å². The predicted octanol–water partition coefficient (Wildman–Crippen LogP) is 1.88. The molecule has 4 N–H and O–H groups in total. The number of nitrogens with two attached hydrogens (primary N) is 1. The second kappa shape index (κ2) is 7.28. The van der Waals surface area contributed by atoms with Crippen LogP contribution in [0.1, 0.15) is 34.6 Å². The average Bonchev–Trinajstić information content (AvgIpc) is 2.42. The van der Waals surface area contributed by atoms with Crippen molar-refractivity contribution in [2.75, 3.05) is 18.8 Å². The fraction of sp³-hybridized carbons (Fsp3) is 0.250. The molecule has 0 aromatic heterocycles. The summed E-state index contributed by atoms with van der Waals surface area (Å²) in [6.07, 6.45) is 0. The van der Waals surface area contributed by atoms with Gasteiger partial charge in [0.05, 0.1) is 16.8 Å². The van der Waals surface area contributed by atoms with Crippen molar-refractivity contribution in [2.24, 2.45) is 0 Å². The van der Waals surface area contributed by atoms with E-state index in [1.807, 2.05) is 13.8 Å². The molecule has 1 rings (SSSR count). The van der Waals surface area contributed by atoms with Crippen LogP contribution < -0.4 is 16.4 Å². The fourth-order valence-electron chi connectivity index (χ4n) is 1.61. The van der Waals surface area contributed by atoms with E-state index in [1.165, 1.54) is 0 Å². The molecule has 5 nitrogen and oxygen atoms in total. The molecule has 1 aromatic rings. The Kier molecular flexibility index (Phi) is 5.72. The molecule has 2 amide bonds. The number of nitrogen functional groups attached to an aromatic ring is 1. The zero-order chi connectivity index (χ0) is 16.0. The van der Waals surface area contributed by atoms with Gasteiger partial charge in [-0.3, -0.25) is 9.59 Å². The number of nitrogens with one attached hydrogen (secondary N) is 2. The van der Waals surface area contributed by atoms with E-state index in [9.17, 15) is 9.59 Å². The van der Waals surface area contributed by atoms with Crippen LogP contribution in [0, 0.1) is 0 Å². The molecule has 0 heterocycles. The maximum Gasteiger partial charge on any atom is 0.253 e. The molecule has 0 spiro atoms. The quantitative estimate of drug-likeness (QED) is 0.551. The first-order valence-electron chi connectivity index (χ1n) is 6.56. The van der Waals surface area contributed by atoms with Crippen molar-refractivity contribution in [1.29, 1.82) is 0 Å². The minimum atomic E-state index is -0.329. The smallest absolute Gasteiger partial charge is 0.253 e. The van der Waals surface area contributed by atoms with Crippen LogP contribution in [-0.4, -0.2) is 24.9 Å². The lowest BCUT2D eigenvalue weighted by Gasteiger charge is -2.11. The summed E-state index contributed by atoms with van der Waals surface area (Å²) in [5, 5.41) is 5.38. The molecule has 1 aromatic carbocycles. The van der Waals surface area contributed by atoms with Crippen LogP contribution in [0.25, 0.3) is 0 Å². The third kappa shape index (κ3) is 4.80. The molecule has 0 aliphatic heterocycles. The Morgan fingerprint density at radius 1 is 1.00 bits per heavy atom. The molecule has 0 saturated heterocycles. The number of benzene rings is 1. The molecule has 0 unspecified atom stereocenters. The number of hydrogen-bond donors (Lipinski definition) is 3. The van der Waals surface area contributed by atoms with Crippen molar-refractivity contribution >= 4 is 17.5 Å². The Morgan fingerprint density at radius 3 is 1.71 bits per heavy atom. The van der Waals surface area contributed by atoms with Gasteiger partial charge in [-0.2, -0.15) is 0 Å². The van der Waals surface area contributed by atoms with Gasteiger partial charge in [0.1, 0.15) is 0 Å². The molecule has 0 radical (unpaired) electrons. The van der Waals surface area contributed by atoms with Gasteiger partial charge in [0.2, 0.25) is 0 Å². The van der Waals surface area contributed by atoms with Crippen LogP contribution in [0.5, 0.6) is 0 Å². The maximum atomic E-state index is 12.0. The van der Waals surface area contributed by atoms with Gasteiger partial charge in [0, 0.05) is 13.1 Å². The number of hydrogen-bond acceptors (Lipinski definition) is 3. The Balaban J connectivity index is 2.92. The van der Waals surface area contributed by atoms with Crippen molar-refractivity contribution in [3.8, 4) is 0 Å². The minimum Gasteiger partial charge on any atom is -0.397 e. The number of carbonyl (C=O) groups is 2. The number of amides is 2. The van der Waals surface area contributed by atoms with E-state index in [2.05, 4.69) is 23.8 Å². The van der Waals surface area contributed by atoms with Gasteiger partial charge in [0.15, 0.2) is 0 Å². The third-order valence-corrected chi connectivity index (χ3v) is 2.70. The largest absolute Gasteiger partial charge is 0.397 e. The first kappa shape index (κ1) is 16.5. The third-order valence-electron chi connectivity index (χ3n) is 2.70. The minimum absolute atomic E-state index is 0.163. The Morgan fingerprint density at radius 2 is 1.38 bits per heavy atom. The molecular formula is C16H21N3O2. The summed E-state index contributed by atoms with van der Waals surface area (Å²) in [7, 11) is 0. The van der Waals surface area contributed by atoms with Crippen LogP contribution in [0.3, 0.4) is 0 Å². The lowest BCUT2D eigenvalue weighted by atomic mass is 10.1. The SMILES string of the molecule is C=C(C)CNC(=O)c1cccc(C(=O)NCC(=C)C)c1N. The summed E-state index contributed by atoms with van der Waals surface area (Å²) in [5.41, 5.74) is 8.31. The number of anilines is 1. The van der Waals surface area contributed by atoms with Crippen LogP contribution in [0.2, 0.25) is 0 Å². The molecule has 112 valence electrons. The van der Waals surface area contributed by atoms with E-state index in [1.54, 1.807) is 18.2 Å². The normalized spacial score (nSPS) is 9.81. The lowest BCUT2D eigenvalue weighted by Crippen LogP contribution is -2.29. The van der Waals surface area contributed by atoms with E-state index < -0.39 is 0 Å².